The molecule has 0 atom stereocenters. The predicted molar refractivity (Wildman–Crippen MR) is 259 cm³/mol. The van der Waals surface area contributed by atoms with Crippen LogP contribution in [-0.2, 0) is 0 Å². The molecule has 0 fully saturated rings. The minimum atomic E-state index is -0.448. The quantitative estimate of drug-likeness (QED) is 0.168. The summed E-state index contributed by atoms with van der Waals surface area (Å²) in [5.41, 5.74) is 9.06. The minimum Gasteiger partial charge on any atom is -0.308 e. The van der Waals surface area contributed by atoms with E-state index in [9.17, 15) is 2.74 Å². The lowest BCUT2D eigenvalue weighted by atomic mass is 9.92. The van der Waals surface area contributed by atoms with E-state index in [1.54, 1.807) is 0 Å². The average Bonchev–Trinajstić information content (AvgIpc) is 4.03. The zero-order valence-corrected chi connectivity index (χ0v) is 33.6. The smallest absolute Gasteiger partial charge is 0.240 e. The second-order valence-electron chi connectivity index (χ2n) is 15.6. The second-order valence-corrected chi connectivity index (χ2v) is 15.6. The van der Waals surface area contributed by atoms with Crippen molar-refractivity contribution < 1.29 is 6.85 Å². The van der Waals surface area contributed by atoms with Gasteiger partial charge in [-0.25, -0.2) is 0 Å². The lowest BCUT2D eigenvalue weighted by molar-refractivity contribution is 0.893. The molecule has 6 heteroatoms. The molecule has 0 radical (unpaired) electrons. The maximum atomic E-state index is 9.27. The molecule has 0 unspecified atom stereocenters. The molecule has 294 valence electrons. The van der Waals surface area contributed by atoms with Crippen LogP contribution >= 0.6 is 0 Å². The van der Waals surface area contributed by atoms with Crippen LogP contribution in [0.25, 0.3) is 117 Å². The highest BCUT2D eigenvalue weighted by Crippen LogP contribution is 2.44. The summed E-state index contributed by atoms with van der Waals surface area (Å²) in [6, 6.07) is 61.4. The molecule has 0 aliphatic heterocycles. The zero-order valence-electron chi connectivity index (χ0n) is 38.6. The van der Waals surface area contributed by atoms with Gasteiger partial charge in [0.05, 0.1) is 45.6 Å². The van der Waals surface area contributed by atoms with Crippen LogP contribution in [0.3, 0.4) is 0 Å². The SMILES string of the molecule is [2H]c1c([2H])c([2H])c(-c2cccc(-c3ccccc3-c3nc(-n4c5ccccc5c5ccccc54)nc(-n4c5ccccc5c5ccccc54)n3)c2-n2c3ccccc3c3ccccc32)c([2H])c1[2H]. The first-order chi connectivity index (χ1) is 33.4. The summed E-state index contributed by atoms with van der Waals surface area (Å²) in [5.74, 6) is 1.30. The molecule has 4 aromatic heterocycles. The van der Waals surface area contributed by atoms with Crippen LogP contribution in [0, 0.1) is 0 Å². The van der Waals surface area contributed by atoms with Gasteiger partial charge in [-0.3, -0.25) is 9.13 Å². The number of para-hydroxylation sites is 7. The highest BCUT2D eigenvalue weighted by atomic mass is 15.3. The van der Waals surface area contributed by atoms with Gasteiger partial charge in [-0.15, -0.1) is 0 Å². The number of fused-ring (bicyclic) bond motifs is 9. The van der Waals surface area contributed by atoms with Crippen molar-refractivity contribution in [1.82, 2.24) is 28.7 Å². The Balaban J connectivity index is 1.16. The van der Waals surface area contributed by atoms with Gasteiger partial charge in [-0.2, -0.15) is 15.0 Å². The number of nitrogens with zero attached hydrogens (tertiary/aromatic N) is 6. The Morgan fingerprint density at radius 1 is 0.302 bits per heavy atom. The Kier molecular flexibility index (Phi) is 6.75. The zero-order chi connectivity index (χ0) is 45.8. The first-order valence-electron chi connectivity index (χ1n) is 23.4. The Hall–Kier alpha value is -8.61. The van der Waals surface area contributed by atoms with E-state index in [0.717, 1.165) is 76.5 Å². The van der Waals surface area contributed by atoms with Gasteiger partial charge in [0.15, 0.2) is 5.82 Å². The van der Waals surface area contributed by atoms with E-state index in [2.05, 4.69) is 86.5 Å². The van der Waals surface area contributed by atoms with Crippen molar-refractivity contribution in [3.05, 3.63) is 218 Å². The van der Waals surface area contributed by atoms with Crippen molar-refractivity contribution in [3.8, 4) is 51.2 Å². The predicted octanol–water partition coefficient (Wildman–Crippen LogP) is 14.2. The van der Waals surface area contributed by atoms with Crippen molar-refractivity contribution in [2.75, 3.05) is 0 Å². The van der Waals surface area contributed by atoms with Gasteiger partial charge in [-0.05, 0) is 47.5 Å². The van der Waals surface area contributed by atoms with Crippen LogP contribution < -0.4 is 0 Å². The van der Waals surface area contributed by atoms with Crippen LogP contribution in [0.4, 0.5) is 0 Å². The Labute approximate surface area is 369 Å². The first-order valence-corrected chi connectivity index (χ1v) is 20.9. The van der Waals surface area contributed by atoms with E-state index in [-0.39, 0.29) is 17.6 Å². The number of benzene rings is 9. The van der Waals surface area contributed by atoms with Crippen molar-refractivity contribution >= 4 is 65.4 Å². The lowest BCUT2D eigenvalue weighted by Crippen LogP contribution is -2.10. The number of hydrogen-bond donors (Lipinski definition) is 0. The number of aromatic nitrogens is 6. The number of rotatable bonds is 6. The summed E-state index contributed by atoms with van der Waals surface area (Å²) < 4.78 is 51.0. The molecule has 13 rings (SSSR count). The van der Waals surface area contributed by atoms with Crippen molar-refractivity contribution in [1.29, 1.82) is 0 Å². The highest BCUT2D eigenvalue weighted by Gasteiger charge is 2.24. The van der Waals surface area contributed by atoms with Gasteiger partial charge >= 0.3 is 0 Å². The maximum absolute atomic E-state index is 9.27. The van der Waals surface area contributed by atoms with Gasteiger partial charge < -0.3 is 4.57 Å². The van der Waals surface area contributed by atoms with Crippen molar-refractivity contribution in [2.45, 2.75) is 0 Å². The summed E-state index contributed by atoms with van der Waals surface area (Å²) >= 11 is 0. The summed E-state index contributed by atoms with van der Waals surface area (Å²) in [6.07, 6.45) is 0. The van der Waals surface area contributed by atoms with Gasteiger partial charge in [0, 0.05) is 49.0 Å². The largest absolute Gasteiger partial charge is 0.308 e. The van der Waals surface area contributed by atoms with Crippen LogP contribution in [0.2, 0.25) is 0 Å². The monoisotopic (exact) mass is 809 g/mol. The van der Waals surface area contributed by atoms with E-state index < -0.39 is 18.1 Å². The molecule has 0 saturated heterocycles. The minimum absolute atomic E-state index is 0.106. The van der Waals surface area contributed by atoms with Crippen molar-refractivity contribution in [3.63, 3.8) is 0 Å². The lowest BCUT2D eigenvalue weighted by Gasteiger charge is -2.21. The fourth-order valence-electron chi connectivity index (χ4n) is 9.61. The Morgan fingerprint density at radius 2 is 0.651 bits per heavy atom. The Morgan fingerprint density at radius 3 is 1.10 bits per heavy atom. The first kappa shape index (κ1) is 30.4. The van der Waals surface area contributed by atoms with E-state index in [4.69, 9.17) is 19.1 Å². The third-order valence-electron chi connectivity index (χ3n) is 12.2. The normalized spacial score (nSPS) is 12.9. The summed E-state index contributed by atoms with van der Waals surface area (Å²) in [7, 11) is 0. The Bertz CT molecular complexity index is 3920. The third kappa shape index (κ3) is 5.35. The van der Waals surface area contributed by atoms with Crippen LogP contribution in [0.1, 0.15) is 6.85 Å². The molecule has 4 heterocycles. The second kappa shape index (κ2) is 14.0. The molecule has 0 spiro atoms. The van der Waals surface area contributed by atoms with E-state index in [1.165, 1.54) is 0 Å². The van der Waals surface area contributed by atoms with Gasteiger partial charge in [-0.1, -0.05) is 182 Å². The molecule has 0 aliphatic carbocycles. The molecule has 0 bridgehead atoms. The van der Waals surface area contributed by atoms with E-state index in [0.29, 0.717) is 34.5 Å². The standard InChI is InChI=1S/C57H36N6/c1-2-19-37(20-3-1)38-29-18-30-46(54(38)61-48-31-12-6-22-40(48)41-23-7-13-32-49(41)61)39-21-4-5-28-47(39)55-58-56(62-50-33-14-8-24-42(50)43-25-9-15-34-51(43)62)60-57(59-55)63-52-35-16-10-26-44(52)45-27-11-17-36-53(45)63/h1-36H/i1D,2D,3D,19D,20D. The molecular formula is C57H36N6. The van der Waals surface area contributed by atoms with Crippen molar-refractivity contribution in [2.24, 2.45) is 0 Å². The van der Waals surface area contributed by atoms with Crippen LogP contribution in [-0.4, -0.2) is 28.7 Å². The average molecular weight is 810 g/mol. The summed E-state index contributed by atoms with van der Waals surface area (Å²) in [5, 5.41) is 6.33. The summed E-state index contributed by atoms with van der Waals surface area (Å²) in [6.45, 7) is 0. The molecular weight excluding hydrogens is 769 g/mol. The summed E-state index contributed by atoms with van der Waals surface area (Å²) in [4.78, 5) is 16.2. The number of hydrogen-bond acceptors (Lipinski definition) is 3. The van der Waals surface area contributed by atoms with Gasteiger partial charge in [0.2, 0.25) is 11.9 Å². The van der Waals surface area contributed by atoms with E-state index >= 15 is 0 Å². The molecule has 9 aromatic carbocycles. The molecule has 0 aliphatic rings. The fraction of sp³-hybridized carbons (Fsp3) is 0. The third-order valence-corrected chi connectivity index (χ3v) is 12.2. The fourth-order valence-corrected chi connectivity index (χ4v) is 9.61. The molecule has 0 amide bonds. The molecule has 0 N–H and O–H groups in total. The molecule has 0 saturated carbocycles. The molecule has 6 nitrogen and oxygen atoms in total. The van der Waals surface area contributed by atoms with Gasteiger partial charge in [0.25, 0.3) is 0 Å². The maximum Gasteiger partial charge on any atom is 0.240 e. The topological polar surface area (TPSA) is 53.5 Å². The van der Waals surface area contributed by atoms with Crippen LogP contribution in [0.5, 0.6) is 0 Å². The molecule has 63 heavy (non-hydrogen) atoms. The van der Waals surface area contributed by atoms with Crippen LogP contribution in [0.15, 0.2) is 218 Å². The molecule has 13 aromatic rings. The highest BCUT2D eigenvalue weighted by molar-refractivity contribution is 6.12. The van der Waals surface area contributed by atoms with Gasteiger partial charge in [0.1, 0.15) is 0 Å². The van der Waals surface area contributed by atoms with E-state index in [1.807, 2.05) is 115 Å².